The average Bonchev–Trinajstić information content (AvgIpc) is 2.66. The van der Waals surface area contributed by atoms with Crippen molar-refractivity contribution in [2.45, 2.75) is 20.8 Å². The van der Waals surface area contributed by atoms with Gasteiger partial charge >= 0.3 is 0 Å². The van der Waals surface area contributed by atoms with E-state index >= 15 is 0 Å². The third kappa shape index (κ3) is 5.90. The summed E-state index contributed by atoms with van der Waals surface area (Å²) in [5, 5.41) is 11.9. The highest BCUT2D eigenvalue weighted by Crippen LogP contribution is 2.14. The highest BCUT2D eigenvalue weighted by molar-refractivity contribution is 5.95. The van der Waals surface area contributed by atoms with Crippen LogP contribution in [0.25, 0.3) is 0 Å². The molecule has 0 saturated heterocycles. The number of nitrogens with one attached hydrogen (secondary N) is 1. The fourth-order valence-electron chi connectivity index (χ4n) is 2.55. The molecule has 138 valence electrons. The van der Waals surface area contributed by atoms with Gasteiger partial charge in [0.25, 0.3) is 5.91 Å². The number of benzene rings is 2. The van der Waals surface area contributed by atoms with Crippen LogP contribution in [0.5, 0.6) is 0 Å². The number of carbonyl (C=O) groups excluding carboxylic acids is 1. The molecule has 0 bridgehead atoms. The molecule has 0 fully saturated rings. The molecule has 0 aliphatic carbocycles. The standard InChI is InChI=1S/C23H25N3O/c1-17(2)16-25-23(27)22-11-10-19(13-18(22)3)8-6-12-26(4)21-9-5-7-20(14-21)15-24/h5,7,9-11,13-14,17H,12,16H2,1-4H3,(H,25,27). The van der Waals surface area contributed by atoms with Crippen LogP contribution in [-0.4, -0.2) is 26.0 Å². The van der Waals surface area contributed by atoms with Crippen molar-refractivity contribution in [1.29, 1.82) is 5.26 Å². The summed E-state index contributed by atoms with van der Waals surface area (Å²) < 4.78 is 0. The molecule has 0 spiro atoms. The highest BCUT2D eigenvalue weighted by atomic mass is 16.1. The first kappa shape index (κ1) is 20.1. The van der Waals surface area contributed by atoms with Gasteiger partial charge in [0.05, 0.1) is 18.2 Å². The fraction of sp³-hybridized carbons (Fsp3) is 0.304. The summed E-state index contributed by atoms with van der Waals surface area (Å²) in [4.78, 5) is 14.2. The van der Waals surface area contributed by atoms with Gasteiger partial charge in [0.2, 0.25) is 0 Å². The number of rotatable bonds is 5. The molecular formula is C23H25N3O. The molecule has 0 atom stereocenters. The summed E-state index contributed by atoms with van der Waals surface area (Å²) in [5.41, 5.74) is 4.07. The van der Waals surface area contributed by atoms with E-state index in [2.05, 4.69) is 37.1 Å². The van der Waals surface area contributed by atoms with Crippen molar-refractivity contribution >= 4 is 11.6 Å². The number of hydrogen-bond acceptors (Lipinski definition) is 3. The van der Waals surface area contributed by atoms with Crippen molar-refractivity contribution in [2.24, 2.45) is 5.92 Å². The average molecular weight is 359 g/mol. The number of hydrogen-bond donors (Lipinski definition) is 1. The fourth-order valence-corrected chi connectivity index (χ4v) is 2.55. The molecule has 2 aromatic rings. The molecule has 0 radical (unpaired) electrons. The van der Waals surface area contributed by atoms with E-state index in [0.29, 0.717) is 30.1 Å². The highest BCUT2D eigenvalue weighted by Gasteiger charge is 2.09. The molecule has 1 N–H and O–H groups in total. The lowest BCUT2D eigenvalue weighted by Crippen LogP contribution is -2.27. The smallest absolute Gasteiger partial charge is 0.251 e. The lowest BCUT2D eigenvalue weighted by Gasteiger charge is -2.15. The first-order chi connectivity index (χ1) is 12.9. The summed E-state index contributed by atoms with van der Waals surface area (Å²) >= 11 is 0. The first-order valence-electron chi connectivity index (χ1n) is 8.99. The zero-order chi connectivity index (χ0) is 19.8. The minimum absolute atomic E-state index is 0.0437. The Balaban J connectivity index is 2.03. The van der Waals surface area contributed by atoms with E-state index in [1.165, 1.54) is 0 Å². The van der Waals surface area contributed by atoms with Gasteiger partial charge < -0.3 is 10.2 Å². The molecule has 27 heavy (non-hydrogen) atoms. The Labute approximate surface area is 161 Å². The van der Waals surface area contributed by atoms with Crippen molar-refractivity contribution in [3.8, 4) is 17.9 Å². The molecular weight excluding hydrogens is 334 g/mol. The Bertz CT molecular complexity index is 913. The van der Waals surface area contributed by atoms with Crippen LogP contribution in [0.2, 0.25) is 0 Å². The van der Waals surface area contributed by atoms with Gasteiger partial charge in [-0.1, -0.05) is 31.8 Å². The molecule has 2 rings (SSSR count). The number of amides is 1. The summed E-state index contributed by atoms with van der Waals surface area (Å²) in [7, 11) is 1.94. The second-order valence-corrected chi connectivity index (χ2v) is 6.95. The predicted octanol–water partition coefficient (Wildman–Crippen LogP) is 3.74. The Hall–Kier alpha value is -3.24. The number of nitriles is 1. The maximum Gasteiger partial charge on any atom is 0.251 e. The molecule has 0 aliphatic heterocycles. The van der Waals surface area contributed by atoms with Gasteiger partial charge in [-0.2, -0.15) is 5.26 Å². The number of carbonyl (C=O) groups is 1. The second kappa shape index (κ2) is 9.46. The summed E-state index contributed by atoms with van der Waals surface area (Å²) in [5.74, 6) is 6.67. The van der Waals surface area contributed by atoms with Gasteiger partial charge in [-0.15, -0.1) is 0 Å². The molecule has 0 aromatic heterocycles. The SMILES string of the molecule is Cc1cc(C#CCN(C)c2cccc(C#N)c2)ccc1C(=O)NCC(C)C. The van der Waals surface area contributed by atoms with E-state index in [0.717, 1.165) is 16.8 Å². The van der Waals surface area contributed by atoms with E-state index in [-0.39, 0.29) is 5.91 Å². The van der Waals surface area contributed by atoms with E-state index < -0.39 is 0 Å². The topological polar surface area (TPSA) is 56.1 Å². The number of nitrogens with zero attached hydrogens (tertiary/aromatic N) is 2. The Morgan fingerprint density at radius 2 is 1.96 bits per heavy atom. The maximum absolute atomic E-state index is 12.2. The van der Waals surface area contributed by atoms with Crippen molar-refractivity contribution in [2.75, 3.05) is 25.0 Å². The van der Waals surface area contributed by atoms with Gasteiger partial charge in [0.1, 0.15) is 0 Å². The minimum Gasteiger partial charge on any atom is -0.363 e. The number of aryl methyl sites for hydroxylation is 1. The quantitative estimate of drug-likeness (QED) is 0.828. The van der Waals surface area contributed by atoms with Crippen LogP contribution >= 0.6 is 0 Å². The van der Waals surface area contributed by atoms with Gasteiger partial charge in [0, 0.05) is 30.4 Å². The molecule has 2 aromatic carbocycles. The van der Waals surface area contributed by atoms with Crippen molar-refractivity contribution < 1.29 is 4.79 Å². The third-order valence-electron chi connectivity index (χ3n) is 4.11. The molecule has 0 heterocycles. The third-order valence-corrected chi connectivity index (χ3v) is 4.11. The lowest BCUT2D eigenvalue weighted by molar-refractivity contribution is 0.0948. The van der Waals surface area contributed by atoms with Crippen molar-refractivity contribution in [3.63, 3.8) is 0 Å². The van der Waals surface area contributed by atoms with Gasteiger partial charge in [0.15, 0.2) is 0 Å². The maximum atomic E-state index is 12.2. The Morgan fingerprint density at radius 3 is 2.63 bits per heavy atom. The monoisotopic (exact) mass is 359 g/mol. The van der Waals surface area contributed by atoms with Crippen LogP contribution in [0.1, 0.15) is 40.9 Å². The lowest BCUT2D eigenvalue weighted by atomic mass is 10.0. The summed E-state index contributed by atoms with van der Waals surface area (Å²) in [6.07, 6.45) is 0. The molecule has 0 unspecified atom stereocenters. The first-order valence-corrected chi connectivity index (χ1v) is 8.99. The molecule has 4 heteroatoms. The van der Waals surface area contributed by atoms with Crippen molar-refractivity contribution in [1.82, 2.24) is 5.32 Å². The Morgan fingerprint density at radius 1 is 1.19 bits per heavy atom. The summed E-state index contributed by atoms with van der Waals surface area (Å²) in [6.45, 7) is 7.28. The van der Waals surface area contributed by atoms with Crippen LogP contribution in [0.15, 0.2) is 42.5 Å². The van der Waals surface area contributed by atoms with Gasteiger partial charge in [-0.25, -0.2) is 0 Å². The van der Waals surface area contributed by atoms with E-state index in [9.17, 15) is 4.79 Å². The van der Waals surface area contributed by atoms with Crippen LogP contribution in [-0.2, 0) is 0 Å². The van der Waals surface area contributed by atoms with Crippen molar-refractivity contribution in [3.05, 3.63) is 64.7 Å². The van der Waals surface area contributed by atoms with Crippen LogP contribution in [0.4, 0.5) is 5.69 Å². The summed E-state index contributed by atoms with van der Waals surface area (Å²) in [6, 6.07) is 15.2. The van der Waals surface area contributed by atoms with Crippen LogP contribution in [0, 0.1) is 36.0 Å². The largest absolute Gasteiger partial charge is 0.363 e. The number of anilines is 1. The zero-order valence-corrected chi connectivity index (χ0v) is 16.3. The normalized spacial score (nSPS) is 9.93. The van der Waals surface area contributed by atoms with Crippen LogP contribution in [0.3, 0.4) is 0 Å². The molecule has 1 amide bonds. The molecule has 0 saturated carbocycles. The minimum atomic E-state index is -0.0437. The van der Waals surface area contributed by atoms with E-state index in [4.69, 9.17) is 5.26 Å². The van der Waals surface area contributed by atoms with E-state index in [1.807, 2.05) is 55.3 Å². The van der Waals surface area contributed by atoms with Gasteiger partial charge in [-0.3, -0.25) is 4.79 Å². The van der Waals surface area contributed by atoms with E-state index in [1.54, 1.807) is 6.07 Å². The van der Waals surface area contributed by atoms with Crippen LogP contribution < -0.4 is 10.2 Å². The zero-order valence-electron chi connectivity index (χ0n) is 16.3. The second-order valence-electron chi connectivity index (χ2n) is 6.95. The Kier molecular flexibility index (Phi) is 7.03. The molecule has 0 aliphatic rings. The predicted molar refractivity (Wildman–Crippen MR) is 110 cm³/mol. The molecule has 4 nitrogen and oxygen atoms in total. The van der Waals surface area contributed by atoms with Gasteiger partial charge in [-0.05, 0) is 54.8 Å².